The van der Waals surface area contributed by atoms with E-state index < -0.39 is 0 Å². The number of amides is 2. The van der Waals surface area contributed by atoms with E-state index in [0.717, 1.165) is 35.7 Å². The molecule has 0 spiro atoms. The summed E-state index contributed by atoms with van der Waals surface area (Å²) >= 11 is 1.34. The second kappa shape index (κ2) is 8.94. The highest BCUT2D eigenvalue weighted by molar-refractivity contribution is 7.15. The van der Waals surface area contributed by atoms with Gasteiger partial charge in [-0.15, -0.1) is 10.2 Å². The van der Waals surface area contributed by atoms with Crippen LogP contribution < -0.4 is 10.1 Å². The van der Waals surface area contributed by atoms with Gasteiger partial charge in [-0.3, -0.25) is 9.59 Å². The van der Waals surface area contributed by atoms with Crippen LogP contribution in [0.5, 0.6) is 5.75 Å². The van der Waals surface area contributed by atoms with E-state index in [9.17, 15) is 9.59 Å². The Morgan fingerprint density at radius 2 is 2.19 bits per heavy atom. The zero-order chi connectivity index (χ0) is 19.2. The molecule has 1 fully saturated rings. The lowest BCUT2D eigenvalue weighted by molar-refractivity contribution is -0.128. The maximum Gasteiger partial charge on any atom is 0.231 e. The molecule has 2 amide bonds. The van der Waals surface area contributed by atoms with Gasteiger partial charge in [-0.1, -0.05) is 42.9 Å². The maximum atomic E-state index is 12.5. The van der Waals surface area contributed by atoms with Crippen molar-refractivity contribution < 1.29 is 14.3 Å². The van der Waals surface area contributed by atoms with Gasteiger partial charge in [0.25, 0.3) is 0 Å². The number of likely N-dealkylation sites (tertiary alicyclic amines) is 1. The number of hydrogen-bond acceptors (Lipinski definition) is 6. The number of nitrogens with one attached hydrogen (secondary N) is 1. The lowest BCUT2D eigenvalue weighted by Crippen LogP contribution is -2.29. The molecule has 1 aromatic carbocycles. The lowest BCUT2D eigenvalue weighted by atomic mass is 10.1. The number of aromatic nitrogens is 2. The van der Waals surface area contributed by atoms with Crippen molar-refractivity contribution >= 4 is 28.3 Å². The summed E-state index contributed by atoms with van der Waals surface area (Å²) in [5, 5.41) is 12.3. The predicted octanol–water partition coefficient (Wildman–Crippen LogP) is 2.72. The summed E-state index contributed by atoms with van der Waals surface area (Å²) < 4.78 is 5.35. The molecular formula is C19H24N4O3S. The summed E-state index contributed by atoms with van der Waals surface area (Å²) in [6.07, 6.45) is 2.84. The van der Waals surface area contributed by atoms with Crippen LogP contribution in [0.4, 0.5) is 5.13 Å². The number of unbranched alkanes of at least 4 members (excludes halogenated alkanes) is 1. The van der Waals surface area contributed by atoms with Crippen LogP contribution in [-0.2, 0) is 16.0 Å². The fraction of sp³-hybridized carbons (Fsp3) is 0.474. The van der Waals surface area contributed by atoms with Crippen LogP contribution >= 0.6 is 11.3 Å². The molecule has 1 atom stereocenters. The minimum atomic E-state index is -0.323. The Hall–Kier alpha value is -2.48. The largest absolute Gasteiger partial charge is 0.496 e. The summed E-state index contributed by atoms with van der Waals surface area (Å²) in [6, 6.07) is 7.75. The first-order chi connectivity index (χ1) is 13.1. The number of hydrogen-bond donors (Lipinski definition) is 1. The zero-order valence-corrected chi connectivity index (χ0v) is 16.4. The zero-order valence-electron chi connectivity index (χ0n) is 15.6. The molecular weight excluding hydrogens is 364 g/mol. The third-order valence-corrected chi connectivity index (χ3v) is 5.44. The molecule has 144 valence electrons. The van der Waals surface area contributed by atoms with E-state index in [1.54, 1.807) is 12.0 Å². The van der Waals surface area contributed by atoms with Crippen LogP contribution in [0.15, 0.2) is 24.3 Å². The SMILES string of the molecule is CCCCN1CC(C(=O)Nc2nnc(Cc3ccccc3OC)s2)CC1=O. The van der Waals surface area contributed by atoms with E-state index in [-0.39, 0.29) is 24.2 Å². The molecule has 0 saturated carbocycles. The van der Waals surface area contributed by atoms with Crippen molar-refractivity contribution in [2.75, 3.05) is 25.5 Å². The van der Waals surface area contributed by atoms with Gasteiger partial charge in [-0.2, -0.15) is 0 Å². The summed E-state index contributed by atoms with van der Waals surface area (Å²) in [5.74, 6) is 0.367. The molecule has 0 bridgehead atoms. The quantitative estimate of drug-likeness (QED) is 0.752. The van der Waals surface area contributed by atoms with Gasteiger partial charge in [0.2, 0.25) is 16.9 Å². The highest BCUT2D eigenvalue weighted by Crippen LogP contribution is 2.25. The van der Waals surface area contributed by atoms with Crippen LogP contribution in [-0.4, -0.2) is 47.1 Å². The van der Waals surface area contributed by atoms with Gasteiger partial charge >= 0.3 is 0 Å². The minimum Gasteiger partial charge on any atom is -0.496 e. The number of rotatable bonds is 8. The Bertz CT molecular complexity index is 808. The maximum absolute atomic E-state index is 12.5. The van der Waals surface area contributed by atoms with Crippen LogP contribution in [0.25, 0.3) is 0 Å². The second-order valence-corrected chi connectivity index (χ2v) is 7.64. The molecule has 2 heterocycles. The monoisotopic (exact) mass is 388 g/mol. The smallest absolute Gasteiger partial charge is 0.231 e. The molecule has 8 heteroatoms. The second-order valence-electron chi connectivity index (χ2n) is 6.57. The first-order valence-corrected chi connectivity index (χ1v) is 9.95. The van der Waals surface area contributed by atoms with Crippen LogP contribution in [0.1, 0.15) is 36.8 Å². The van der Waals surface area contributed by atoms with Gasteiger partial charge in [0.1, 0.15) is 10.8 Å². The van der Waals surface area contributed by atoms with E-state index >= 15 is 0 Å². The van der Waals surface area contributed by atoms with E-state index in [1.807, 2.05) is 24.3 Å². The lowest BCUT2D eigenvalue weighted by Gasteiger charge is -2.15. The fourth-order valence-corrected chi connectivity index (χ4v) is 3.87. The fourth-order valence-electron chi connectivity index (χ4n) is 3.11. The predicted molar refractivity (Wildman–Crippen MR) is 104 cm³/mol. The Morgan fingerprint density at radius 3 is 2.96 bits per heavy atom. The topological polar surface area (TPSA) is 84.4 Å². The van der Waals surface area contributed by atoms with Crippen LogP contribution in [0, 0.1) is 5.92 Å². The first-order valence-electron chi connectivity index (χ1n) is 9.13. The van der Waals surface area contributed by atoms with Crippen molar-refractivity contribution in [3.05, 3.63) is 34.8 Å². The van der Waals surface area contributed by atoms with Gasteiger partial charge in [-0.25, -0.2) is 0 Å². The summed E-state index contributed by atoms with van der Waals surface area (Å²) in [4.78, 5) is 26.3. The van der Waals surface area contributed by atoms with Crippen molar-refractivity contribution in [3.63, 3.8) is 0 Å². The molecule has 1 unspecified atom stereocenters. The van der Waals surface area contributed by atoms with E-state index in [1.165, 1.54) is 11.3 Å². The highest BCUT2D eigenvalue weighted by atomic mass is 32.1. The van der Waals surface area contributed by atoms with E-state index in [0.29, 0.717) is 18.1 Å². The first kappa shape index (κ1) is 19.3. The van der Waals surface area contributed by atoms with Crippen molar-refractivity contribution in [2.24, 2.45) is 5.92 Å². The molecule has 0 radical (unpaired) electrons. The van der Waals surface area contributed by atoms with Crippen molar-refractivity contribution in [3.8, 4) is 5.75 Å². The Kier molecular flexibility index (Phi) is 6.39. The van der Waals surface area contributed by atoms with Crippen LogP contribution in [0.3, 0.4) is 0 Å². The molecule has 1 aliphatic heterocycles. The number of methoxy groups -OCH3 is 1. The molecule has 1 N–H and O–H groups in total. The van der Waals surface area contributed by atoms with Gasteiger partial charge in [0, 0.05) is 31.5 Å². The Labute approximate surface area is 162 Å². The Balaban J connectivity index is 1.57. The average molecular weight is 388 g/mol. The Morgan fingerprint density at radius 1 is 1.37 bits per heavy atom. The molecule has 3 rings (SSSR count). The molecule has 2 aromatic rings. The number of ether oxygens (including phenoxy) is 1. The van der Waals surface area contributed by atoms with E-state index in [4.69, 9.17) is 4.74 Å². The third-order valence-electron chi connectivity index (χ3n) is 4.60. The number of para-hydroxylation sites is 1. The van der Waals surface area contributed by atoms with Crippen molar-refractivity contribution in [1.29, 1.82) is 0 Å². The molecule has 27 heavy (non-hydrogen) atoms. The molecule has 1 aliphatic rings. The van der Waals surface area contributed by atoms with Gasteiger partial charge < -0.3 is 15.0 Å². The van der Waals surface area contributed by atoms with E-state index in [2.05, 4.69) is 22.4 Å². The van der Waals surface area contributed by atoms with Crippen molar-refractivity contribution in [2.45, 2.75) is 32.6 Å². The highest BCUT2D eigenvalue weighted by Gasteiger charge is 2.34. The number of carbonyl (C=O) groups excluding carboxylic acids is 2. The standard InChI is InChI=1S/C19H24N4O3S/c1-3-4-9-23-12-14(11-17(23)24)18(25)20-19-22-21-16(27-19)10-13-7-5-6-8-15(13)26-2/h5-8,14H,3-4,9-12H2,1-2H3,(H,20,22,25). The summed E-state index contributed by atoms with van der Waals surface area (Å²) in [5.41, 5.74) is 1.02. The molecule has 7 nitrogen and oxygen atoms in total. The number of carbonyl (C=O) groups is 2. The number of benzene rings is 1. The van der Waals surface area contributed by atoms with Crippen molar-refractivity contribution in [1.82, 2.24) is 15.1 Å². The average Bonchev–Trinajstić information content (AvgIpc) is 3.26. The minimum absolute atomic E-state index is 0.0534. The molecule has 1 aromatic heterocycles. The van der Waals surface area contributed by atoms with Gasteiger partial charge in [0.05, 0.1) is 13.0 Å². The third kappa shape index (κ3) is 4.82. The van der Waals surface area contributed by atoms with Crippen LogP contribution in [0.2, 0.25) is 0 Å². The summed E-state index contributed by atoms with van der Waals surface area (Å²) in [6.45, 7) is 3.29. The molecule has 0 aliphatic carbocycles. The number of nitrogens with zero attached hydrogens (tertiary/aromatic N) is 3. The molecule has 1 saturated heterocycles. The summed E-state index contributed by atoms with van der Waals surface area (Å²) in [7, 11) is 1.64. The number of anilines is 1. The van der Waals surface area contributed by atoms with Gasteiger partial charge in [0.15, 0.2) is 0 Å². The normalized spacial score (nSPS) is 16.6. The van der Waals surface area contributed by atoms with Gasteiger partial charge in [-0.05, 0) is 12.5 Å².